The molecule has 0 bridgehead atoms. The summed E-state index contributed by atoms with van der Waals surface area (Å²) in [6.07, 6.45) is 0.834. The zero-order valence-electron chi connectivity index (χ0n) is 15.7. The average molecular weight is 440 g/mol. The number of carbonyl (C=O) groups excluding carboxylic acids is 1. The van der Waals surface area contributed by atoms with Crippen molar-refractivity contribution in [3.8, 4) is 11.5 Å². The fourth-order valence-electron chi connectivity index (χ4n) is 2.68. The Kier molecular flexibility index (Phi) is 7.09. The lowest BCUT2D eigenvalue weighted by molar-refractivity contribution is -0.118. The third kappa shape index (κ3) is 5.86. The van der Waals surface area contributed by atoms with Crippen LogP contribution in [-0.2, 0) is 17.8 Å². The van der Waals surface area contributed by atoms with Crippen molar-refractivity contribution in [2.75, 3.05) is 11.9 Å². The molecule has 0 aliphatic carbocycles. The number of nitrogens with one attached hydrogen (secondary N) is 1. The second kappa shape index (κ2) is 9.95. The molecule has 0 saturated heterocycles. The van der Waals surface area contributed by atoms with E-state index in [1.54, 1.807) is 0 Å². The minimum atomic E-state index is -0.206. The Bertz CT molecular complexity index is 911. The number of hydrogen-bond donors (Lipinski definition) is 1. The quantitative estimate of drug-likeness (QED) is 0.496. The van der Waals surface area contributed by atoms with E-state index in [-0.39, 0.29) is 12.5 Å². The van der Waals surface area contributed by atoms with Gasteiger partial charge in [0.15, 0.2) is 6.61 Å². The van der Waals surface area contributed by atoms with Crippen LogP contribution in [0.4, 0.5) is 5.69 Å². The first-order chi connectivity index (χ1) is 13.6. The zero-order valence-corrected chi connectivity index (χ0v) is 17.2. The lowest BCUT2D eigenvalue weighted by atomic mass is 10.1. The van der Waals surface area contributed by atoms with Gasteiger partial charge in [-0.15, -0.1) is 0 Å². The van der Waals surface area contributed by atoms with Gasteiger partial charge in [0.1, 0.15) is 18.1 Å². The molecule has 0 radical (unpaired) electrons. The van der Waals surface area contributed by atoms with Gasteiger partial charge >= 0.3 is 0 Å². The molecule has 28 heavy (non-hydrogen) atoms. The highest BCUT2D eigenvalue weighted by molar-refractivity contribution is 9.10. The fourth-order valence-corrected chi connectivity index (χ4v) is 3.09. The number of benzene rings is 3. The maximum absolute atomic E-state index is 12.2. The summed E-state index contributed by atoms with van der Waals surface area (Å²) in [6, 6.07) is 23.1. The first-order valence-corrected chi connectivity index (χ1v) is 9.91. The van der Waals surface area contributed by atoms with E-state index in [1.807, 2.05) is 72.8 Å². The second-order valence-corrected chi connectivity index (χ2v) is 7.16. The van der Waals surface area contributed by atoms with E-state index >= 15 is 0 Å². The van der Waals surface area contributed by atoms with Crippen LogP contribution in [0.25, 0.3) is 0 Å². The molecular weight excluding hydrogens is 418 g/mol. The number of amides is 1. The minimum absolute atomic E-state index is 0.0408. The largest absolute Gasteiger partial charge is 0.489 e. The summed E-state index contributed by atoms with van der Waals surface area (Å²) < 4.78 is 12.4. The minimum Gasteiger partial charge on any atom is -0.489 e. The number of ether oxygens (including phenoxy) is 2. The number of aryl methyl sites for hydroxylation is 1. The molecule has 3 aromatic carbocycles. The van der Waals surface area contributed by atoms with Crippen molar-refractivity contribution >= 4 is 27.5 Å². The highest BCUT2D eigenvalue weighted by Gasteiger charge is 2.07. The van der Waals surface area contributed by atoms with E-state index in [0.29, 0.717) is 12.3 Å². The van der Waals surface area contributed by atoms with Crippen molar-refractivity contribution in [3.05, 3.63) is 88.4 Å². The van der Waals surface area contributed by atoms with Crippen molar-refractivity contribution in [1.29, 1.82) is 0 Å². The first kappa shape index (κ1) is 20.0. The Morgan fingerprint density at radius 3 is 2.43 bits per heavy atom. The molecule has 1 N–H and O–H groups in total. The van der Waals surface area contributed by atoms with Gasteiger partial charge in [-0.25, -0.2) is 0 Å². The lowest BCUT2D eigenvalue weighted by Gasteiger charge is -2.11. The van der Waals surface area contributed by atoms with Gasteiger partial charge in [0.05, 0.1) is 0 Å². The summed E-state index contributed by atoms with van der Waals surface area (Å²) in [5.41, 5.74) is 2.87. The number of rotatable bonds is 8. The molecule has 0 fully saturated rings. The Morgan fingerprint density at radius 2 is 1.71 bits per heavy atom. The van der Waals surface area contributed by atoms with E-state index in [9.17, 15) is 4.79 Å². The molecule has 0 spiro atoms. The molecule has 4 nitrogen and oxygen atoms in total. The van der Waals surface area contributed by atoms with Gasteiger partial charge in [-0.2, -0.15) is 0 Å². The molecule has 1 amide bonds. The van der Waals surface area contributed by atoms with Gasteiger partial charge in [0.2, 0.25) is 0 Å². The van der Waals surface area contributed by atoms with Crippen LogP contribution in [0, 0.1) is 0 Å². The van der Waals surface area contributed by atoms with Crippen LogP contribution in [0.3, 0.4) is 0 Å². The van der Waals surface area contributed by atoms with Crippen molar-refractivity contribution < 1.29 is 14.3 Å². The smallest absolute Gasteiger partial charge is 0.262 e. The Labute approximate surface area is 173 Å². The highest BCUT2D eigenvalue weighted by Crippen LogP contribution is 2.24. The van der Waals surface area contributed by atoms with Crippen LogP contribution >= 0.6 is 15.9 Å². The van der Waals surface area contributed by atoms with E-state index in [1.165, 1.54) is 0 Å². The normalized spacial score (nSPS) is 10.4. The topological polar surface area (TPSA) is 47.6 Å². The van der Waals surface area contributed by atoms with Crippen molar-refractivity contribution in [2.24, 2.45) is 0 Å². The third-order valence-corrected chi connectivity index (χ3v) is 4.64. The third-order valence-electron chi connectivity index (χ3n) is 4.15. The molecule has 3 rings (SSSR count). The highest BCUT2D eigenvalue weighted by atomic mass is 79.9. The molecule has 3 aromatic rings. The summed E-state index contributed by atoms with van der Waals surface area (Å²) in [6.45, 7) is 2.52. The molecule has 5 heteroatoms. The number of carbonyl (C=O) groups is 1. The summed E-state index contributed by atoms with van der Waals surface area (Å²) in [4.78, 5) is 12.2. The summed E-state index contributed by atoms with van der Waals surface area (Å²) >= 11 is 3.45. The molecular formula is C23H22BrNO3. The van der Waals surface area contributed by atoms with Gasteiger partial charge in [0, 0.05) is 10.2 Å². The maximum atomic E-state index is 12.2. The van der Waals surface area contributed by atoms with Crippen molar-refractivity contribution in [3.63, 3.8) is 0 Å². The van der Waals surface area contributed by atoms with E-state index in [0.717, 1.165) is 33.5 Å². The van der Waals surface area contributed by atoms with Crippen molar-refractivity contribution in [2.45, 2.75) is 20.0 Å². The SMILES string of the molecule is CCc1cc(Br)ccc1OCC(=O)Nc1ccc(OCc2ccccc2)cc1. The summed E-state index contributed by atoms with van der Waals surface area (Å²) in [7, 11) is 0. The lowest BCUT2D eigenvalue weighted by Crippen LogP contribution is -2.20. The summed E-state index contributed by atoms with van der Waals surface area (Å²) in [5.74, 6) is 1.27. The molecule has 0 unspecified atom stereocenters. The van der Waals surface area contributed by atoms with Crippen LogP contribution in [0.5, 0.6) is 11.5 Å². The number of anilines is 1. The van der Waals surface area contributed by atoms with Crippen LogP contribution in [0.1, 0.15) is 18.1 Å². The van der Waals surface area contributed by atoms with Gasteiger partial charge in [-0.05, 0) is 60.0 Å². The van der Waals surface area contributed by atoms with E-state index < -0.39 is 0 Å². The van der Waals surface area contributed by atoms with Gasteiger partial charge in [0.25, 0.3) is 5.91 Å². The number of halogens is 1. The van der Waals surface area contributed by atoms with Crippen LogP contribution in [0.2, 0.25) is 0 Å². The predicted octanol–water partition coefficient (Wildman–Crippen LogP) is 5.61. The fraction of sp³-hybridized carbons (Fsp3) is 0.174. The van der Waals surface area contributed by atoms with Crippen LogP contribution in [0.15, 0.2) is 77.3 Å². The summed E-state index contributed by atoms with van der Waals surface area (Å²) in [5, 5.41) is 2.83. The monoisotopic (exact) mass is 439 g/mol. The van der Waals surface area contributed by atoms with Crippen LogP contribution < -0.4 is 14.8 Å². The molecule has 0 atom stereocenters. The standard InChI is InChI=1S/C23H22BrNO3/c1-2-18-14-19(24)8-13-22(18)28-16-23(26)25-20-9-11-21(12-10-20)27-15-17-6-4-3-5-7-17/h3-14H,2,15-16H2,1H3,(H,25,26). The predicted molar refractivity (Wildman–Crippen MR) is 115 cm³/mol. The first-order valence-electron chi connectivity index (χ1n) is 9.12. The molecule has 0 saturated carbocycles. The number of hydrogen-bond acceptors (Lipinski definition) is 3. The Hall–Kier alpha value is -2.79. The maximum Gasteiger partial charge on any atom is 0.262 e. The van der Waals surface area contributed by atoms with E-state index in [4.69, 9.17) is 9.47 Å². The second-order valence-electron chi connectivity index (χ2n) is 6.24. The van der Waals surface area contributed by atoms with Gasteiger partial charge in [-0.3, -0.25) is 4.79 Å². The Balaban J connectivity index is 1.49. The zero-order chi connectivity index (χ0) is 19.8. The van der Waals surface area contributed by atoms with Gasteiger partial charge in [-0.1, -0.05) is 53.2 Å². The van der Waals surface area contributed by atoms with E-state index in [2.05, 4.69) is 28.2 Å². The van der Waals surface area contributed by atoms with Crippen molar-refractivity contribution in [1.82, 2.24) is 0 Å². The Morgan fingerprint density at radius 1 is 0.964 bits per heavy atom. The molecule has 0 heterocycles. The van der Waals surface area contributed by atoms with Gasteiger partial charge < -0.3 is 14.8 Å². The molecule has 0 aromatic heterocycles. The van der Waals surface area contributed by atoms with Crippen LogP contribution in [-0.4, -0.2) is 12.5 Å². The average Bonchev–Trinajstić information content (AvgIpc) is 2.73. The molecule has 144 valence electrons. The molecule has 0 aliphatic rings. The molecule has 0 aliphatic heterocycles.